The Morgan fingerprint density at radius 2 is 2.27 bits per heavy atom. The van der Waals surface area contributed by atoms with Crippen LogP contribution in [-0.2, 0) is 22.4 Å². The number of anilines is 2. The Morgan fingerprint density at radius 3 is 3.03 bits per heavy atom. The van der Waals surface area contributed by atoms with Crippen LogP contribution >= 0.6 is 22.7 Å². The van der Waals surface area contributed by atoms with Crippen molar-refractivity contribution in [3.63, 3.8) is 0 Å². The van der Waals surface area contributed by atoms with Gasteiger partial charge in [-0.25, -0.2) is 4.98 Å². The number of hydrogen-bond donors (Lipinski definition) is 1. The first-order valence-electron chi connectivity index (χ1n) is 10.8. The highest BCUT2D eigenvalue weighted by Gasteiger charge is 2.29. The number of rotatable bonds is 4. The summed E-state index contributed by atoms with van der Waals surface area (Å²) in [5.74, 6) is 0.499. The lowest BCUT2D eigenvalue weighted by molar-refractivity contribution is -0.123. The number of nitrogens with zero attached hydrogens (tertiary/aromatic N) is 3. The zero-order chi connectivity index (χ0) is 23.1. The first-order valence-corrected chi connectivity index (χ1v) is 12.5. The lowest BCUT2D eigenvalue weighted by atomic mass is 9.89. The molecular weight excluding hydrogens is 456 g/mol. The fourth-order valence-electron chi connectivity index (χ4n) is 4.30. The van der Waals surface area contributed by atoms with Gasteiger partial charge in [-0.15, -0.1) is 22.7 Å². The Balaban J connectivity index is 1.39. The summed E-state index contributed by atoms with van der Waals surface area (Å²) in [4.78, 5) is 32.8. The highest BCUT2D eigenvalue weighted by atomic mass is 32.1. The van der Waals surface area contributed by atoms with Crippen LogP contribution in [0.15, 0.2) is 23.6 Å². The van der Waals surface area contributed by atoms with Crippen molar-refractivity contribution in [2.24, 2.45) is 5.92 Å². The Morgan fingerprint density at radius 1 is 1.42 bits per heavy atom. The molecule has 0 fully saturated rings. The number of carbonyl (C=O) groups is 2. The van der Waals surface area contributed by atoms with Gasteiger partial charge in [-0.1, -0.05) is 6.92 Å². The van der Waals surface area contributed by atoms with Gasteiger partial charge < -0.3 is 10.1 Å². The Hall–Kier alpha value is -3.22. The third-order valence-corrected chi connectivity index (χ3v) is 7.94. The number of fused-ring (bicyclic) bond motifs is 2. The van der Waals surface area contributed by atoms with Crippen molar-refractivity contribution in [3.05, 3.63) is 44.6 Å². The van der Waals surface area contributed by atoms with E-state index in [2.05, 4.69) is 23.3 Å². The quantitative estimate of drug-likeness (QED) is 0.594. The van der Waals surface area contributed by atoms with Crippen molar-refractivity contribution < 1.29 is 14.3 Å². The molecule has 1 aliphatic carbocycles. The highest BCUT2D eigenvalue weighted by Crippen LogP contribution is 2.40. The monoisotopic (exact) mass is 478 g/mol. The van der Waals surface area contributed by atoms with E-state index < -0.39 is 0 Å². The van der Waals surface area contributed by atoms with Crippen molar-refractivity contribution in [3.8, 4) is 23.1 Å². The first kappa shape index (κ1) is 21.6. The van der Waals surface area contributed by atoms with Crippen LogP contribution < -0.4 is 15.0 Å². The molecule has 0 bridgehead atoms. The average molecular weight is 479 g/mol. The van der Waals surface area contributed by atoms with Gasteiger partial charge in [0.2, 0.25) is 5.91 Å². The van der Waals surface area contributed by atoms with Crippen molar-refractivity contribution in [1.29, 1.82) is 5.26 Å². The molecular formula is C24H22N4O3S2. The summed E-state index contributed by atoms with van der Waals surface area (Å²) in [7, 11) is 0. The van der Waals surface area contributed by atoms with Crippen molar-refractivity contribution in [2.75, 3.05) is 23.4 Å². The molecule has 3 aromatic rings. The molecule has 168 valence electrons. The fourth-order valence-corrected chi connectivity index (χ4v) is 6.30. The summed E-state index contributed by atoms with van der Waals surface area (Å²) >= 11 is 3.03. The normalized spacial score (nSPS) is 17.1. The summed E-state index contributed by atoms with van der Waals surface area (Å²) < 4.78 is 5.58. The van der Waals surface area contributed by atoms with E-state index in [9.17, 15) is 14.9 Å². The van der Waals surface area contributed by atoms with E-state index in [1.54, 1.807) is 17.4 Å². The number of thiophene rings is 1. The highest BCUT2D eigenvalue weighted by molar-refractivity contribution is 7.16. The third-order valence-electron chi connectivity index (χ3n) is 5.99. The van der Waals surface area contributed by atoms with E-state index in [0.29, 0.717) is 27.9 Å². The maximum Gasteiger partial charge on any atom is 0.265 e. The van der Waals surface area contributed by atoms with E-state index >= 15 is 0 Å². The number of carbonyl (C=O) groups excluding carboxylic acids is 2. The number of thiazole rings is 1. The van der Waals surface area contributed by atoms with Gasteiger partial charge in [0, 0.05) is 15.8 Å². The second kappa shape index (κ2) is 8.61. The summed E-state index contributed by atoms with van der Waals surface area (Å²) in [6.45, 7) is 3.87. The Bertz CT molecular complexity index is 1300. The standard InChI is InChI=1S/C24H22N4O3S2/c1-13-3-5-16-17(9-25)24(33-21(16)7-13)27-22(29)10-28-19-8-15(18-12-32-14(2)26-18)4-6-20(19)31-11-23(28)30/h4,6,8,12-13H,3,5,7,10-11H2,1-2H3,(H,27,29). The molecule has 9 heteroatoms. The lowest BCUT2D eigenvalue weighted by Crippen LogP contribution is -2.43. The van der Waals surface area contributed by atoms with Crippen molar-refractivity contribution >= 4 is 45.2 Å². The van der Waals surface area contributed by atoms with Crippen LogP contribution in [0.3, 0.4) is 0 Å². The summed E-state index contributed by atoms with van der Waals surface area (Å²) in [6, 6.07) is 7.81. The zero-order valence-electron chi connectivity index (χ0n) is 18.3. The van der Waals surface area contributed by atoms with E-state index in [-0.39, 0.29) is 25.0 Å². The minimum atomic E-state index is -0.339. The summed E-state index contributed by atoms with van der Waals surface area (Å²) in [5, 5.41) is 16.1. The number of ether oxygens (including phenoxy) is 1. The van der Waals surface area contributed by atoms with Crippen LogP contribution in [0.25, 0.3) is 11.3 Å². The largest absolute Gasteiger partial charge is 0.482 e. The molecule has 0 saturated carbocycles. The van der Waals surface area contributed by atoms with Crippen LogP contribution in [-0.4, -0.2) is 29.9 Å². The number of nitriles is 1. The molecule has 0 spiro atoms. The van der Waals surface area contributed by atoms with Crippen LogP contribution in [0.4, 0.5) is 10.7 Å². The van der Waals surface area contributed by atoms with Gasteiger partial charge in [-0.3, -0.25) is 14.5 Å². The molecule has 1 atom stereocenters. The zero-order valence-corrected chi connectivity index (χ0v) is 19.9. The van der Waals surface area contributed by atoms with E-state index in [1.807, 2.05) is 24.4 Å². The van der Waals surface area contributed by atoms with Crippen molar-refractivity contribution in [2.45, 2.75) is 33.1 Å². The lowest BCUT2D eigenvalue weighted by Gasteiger charge is -2.29. The minimum Gasteiger partial charge on any atom is -0.482 e. The molecule has 0 radical (unpaired) electrons. The van der Waals surface area contributed by atoms with Crippen molar-refractivity contribution in [1.82, 2.24) is 4.98 Å². The molecule has 33 heavy (non-hydrogen) atoms. The Kier molecular flexibility index (Phi) is 5.64. The predicted octanol–water partition coefficient (Wildman–Crippen LogP) is 4.54. The van der Waals surface area contributed by atoms with E-state index in [0.717, 1.165) is 41.1 Å². The molecule has 3 heterocycles. The summed E-state index contributed by atoms with van der Waals surface area (Å²) in [6.07, 6.45) is 2.84. The molecule has 5 rings (SSSR count). The van der Waals surface area contributed by atoms with Crippen LogP contribution in [0.1, 0.15) is 34.4 Å². The van der Waals surface area contributed by atoms with Gasteiger partial charge in [0.05, 0.1) is 22.0 Å². The number of aromatic nitrogens is 1. The third kappa shape index (κ3) is 4.12. The molecule has 2 aromatic heterocycles. The molecule has 1 aliphatic heterocycles. The minimum absolute atomic E-state index is 0.121. The van der Waals surface area contributed by atoms with Gasteiger partial charge in [0.15, 0.2) is 6.61 Å². The number of benzene rings is 1. The van der Waals surface area contributed by atoms with Gasteiger partial charge >= 0.3 is 0 Å². The van der Waals surface area contributed by atoms with Gasteiger partial charge in [0.25, 0.3) is 5.91 Å². The van der Waals surface area contributed by atoms with E-state index in [1.165, 1.54) is 21.1 Å². The molecule has 2 amide bonds. The number of nitrogens with one attached hydrogen (secondary N) is 1. The van der Waals surface area contributed by atoms with Gasteiger partial charge in [-0.2, -0.15) is 5.26 Å². The maximum atomic E-state index is 13.0. The van der Waals surface area contributed by atoms with Crippen LogP contribution in [0.5, 0.6) is 5.75 Å². The van der Waals surface area contributed by atoms with Gasteiger partial charge in [0.1, 0.15) is 23.4 Å². The number of aryl methyl sites for hydroxylation is 1. The van der Waals surface area contributed by atoms with Crippen LogP contribution in [0.2, 0.25) is 0 Å². The Labute approximate surface area is 199 Å². The topological polar surface area (TPSA) is 95.3 Å². The first-order chi connectivity index (χ1) is 15.9. The molecule has 1 aromatic carbocycles. The van der Waals surface area contributed by atoms with Gasteiger partial charge in [-0.05, 0) is 55.9 Å². The second-order valence-electron chi connectivity index (χ2n) is 8.42. The number of hydrogen-bond acceptors (Lipinski definition) is 7. The second-order valence-corrected chi connectivity index (χ2v) is 10.6. The average Bonchev–Trinajstić information content (AvgIpc) is 3.37. The summed E-state index contributed by atoms with van der Waals surface area (Å²) in [5.41, 5.74) is 3.84. The molecule has 1 unspecified atom stereocenters. The maximum absolute atomic E-state index is 13.0. The van der Waals surface area contributed by atoms with E-state index in [4.69, 9.17) is 4.74 Å². The molecule has 7 nitrogen and oxygen atoms in total. The molecule has 0 saturated heterocycles. The fraction of sp³-hybridized carbons (Fsp3) is 0.333. The number of amides is 2. The van der Waals surface area contributed by atoms with Crippen LogP contribution in [0, 0.1) is 24.2 Å². The SMILES string of the molecule is Cc1nc(-c2ccc3c(c2)N(CC(=O)Nc2sc4c(c2C#N)CCC(C)C4)C(=O)CO3)cs1. The smallest absolute Gasteiger partial charge is 0.265 e. The molecule has 2 aliphatic rings. The molecule has 1 N–H and O–H groups in total. The predicted molar refractivity (Wildman–Crippen MR) is 129 cm³/mol.